The zero-order valence-electron chi connectivity index (χ0n) is 13.2. The van der Waals surface area contributed by atoms with Crippen molar-refractivity contribution in [1.82, 2.24) is 0 Å². The van der Waals surface area contributed by atoms with E-state index in [0.717, 1.165) is 24.3 Å². The molecule has 2 aliphatic rings. The highest BCUT2D eigenvalue weighted by Gasteiger charge is 2.79. The Hall–Kier alpha value is -2.99. The minimum Gasteiger partial charge on any atom is -0.458 e. The molecule has 1 unspecified atom stereocenters. The first kappa shape index (κ1) is 17.4. The van der Waals surface area contributed by atoms with Gasteiger partial charge in [-0.05, 0) is 24.3 Å². The number of rotatable bonds is 2. The summed E-state index contributed by atoms with van der Waals surface area (Å²) in [4.78, 5) is 15.3. The Labute approximate surface area is 148 Å². The molecular weight excluding hydrogens is 373 g/mol. The molecule has 2 aromatic rings. The van der Waals surface area contributed by atoms with Crippen molar-refractivity contribution in [1.29, 1.82) is 0 Å². The number of ketones is 1. The van der Waals surface area contributed by atoms with Crippen LogP contribution in [-0.2, 0) is 11.5 Å². The van der Waals surface area contributed by atoms with Crippen LogP contribution in [0.3, 0.4) is 0 Å². The molecule has 9 heteroatoms. The Bertz CT molecular complexity index is 1060. The Balaban J connectivity index is 1.90. The third-order valence-corrected chi connectivity index (χ3v) is 4.74. The van der Waals surface area contributed by atoms with Crippen LogP contribution in [0.4, 0.5) is 27.6 Å². The van der Waals surface area contributed by atoms with Gasteiger partial charge in [-0.3, -0.25) is 4.79 Å². The van der Waals surface area contributed by atoms with Gasteiger partial charge in [0.1, 0.15) is 17.3 Å². The van der Waals surface area contributed by atoms with Crippen LogP contribution in [-0.4, -0.2) is 16.8 Å². The molecule has 0 radical (unpaired) electrons. The average Bonchev–Trinajstić information content (AvgIpc) is 2.92. The molecule has 0 aromatic heterocycles. The number of hydrogen-bond donors (Lipinski definition) is 1. The van der Waals surface area contributed by atoms with Gasteiger partial charge in [0.2, 0.25) is 0 Å². The molecular formula is C18H8F5NO3. The van der Waals surface area contributed by atoms with Crippen molar-refractivity contribution in [3.63, 3.8) is 0 Å². The summed E-state index contributed by atoms with van der Waals surface area (Å²) in [6.45, 7) is 6.90. The molecule has 0 aliphatic heterocycles. The Kier molecular flexibility index (Phi) is 3.26. The number of alkyl halides is 4. The lowest BCUT2D eigenvalue weighted by molar-refractivity contribution is -0.283. The molecule has 1 N–H and O–H groups in total. The van der Waals surface area contributed by atoms with E-state index in [1.807, 2.05) is 0 Å². The number of nitrogens with zero attached hydrogens (tertiary/aromatic N) is 1. The Morgan fingerprint density at radius 2 is 1.85 bits per heavy atom. The molecule has 0 bridgehead atoms. The lowest BCUT2D eigenvalue weighted by Crippen LogP contribution is -2.48. The van der Waals surface area contributed by atoms with E-state index >= 15 is 0 Å². The second-order valence-electron chi connectivity index (χ2n) is 6.33. The molecule has 27 heavy (non-hydrogen) atoms. The van der Waals surface area contributed by atoms with Crippen LogP contribution in [0.2, 0.25) is 0 Å². The number of aliphatic hydroxyl groups is 1. The summed E-state index contributed by atoms with van der Waals surface area (Å²) >= 11 is 0. The van der Waals surface area contributed by atoms with E-state index < -0.39 is 52.2 Å². The van der Waals surface area contributed by atoms with E-state index in [1.54, 1.807) is 0 Å². The fraction of sp³-hybridized carbons (Fsp3) is 0.222. The van der Waals surface area contributed by atoms with Gasteiger partial charge in [0.15, 0.2) is 17.1 Å². The van der Waals surface area contributed by atoms with Gasteiger partial charge in [0.25, 0.3) is 0 Å². The molecule has 0 saturated carbocycles. The second-order valence-corrected chi connectivity index (χ2v) is 6.33. The largest absolute Gasteiger partial charge is 0.458 e. The van der Waals surface area contributed by atoms with Crippen molar-refractivity contribution in [2.75, 3.05) is 0 Å². The number of benzene rings is 2. The molecule has 0 amide bonds. The normalized spacial score (nSPS) is 23.8. The molecule has 0 saturated heterocycles. The fourth-order valence-electron chi connectivity index (χ4n) is 3.54. The monoisotopic (exact) mass is 381 g/mol. The second kappa shape index (κ2) is 5.04. The average molecular weight is 381 g/mol. The van der Waals surface area contributed by atoms with E-state index in [-0.39, 0.29) is 17.2 Å². The van der Waals surface area contributed by atoms with E-state index in [9.17, 15) is 31.9 Å². The van der Waals surface area contributed by atoms with Crippen molar-refractivity contribution in [3.8, 4) is 11.5 Å². The van der Waals surface area contributed by atoms with Gasteiger partial charge < -0.3 is 9.84 Å². The van der Waals surface area contributed by atoms with Crippen LogP contribution >= 0.6 is 0 Å². The summed E-state index contributed by atoms with van der Waals surface area (Å²) < 4.78 is 75.5. The highest BCUT2D eigenvalue weighted by atomic mass is 19.3. The summed E-state index contributed by atoms with van der Waals surface area (Å²) in [5, 5.41) is 10.2. The van der Waals surface area contributed by atoms with Gasteiger partial charge in [-0.25, -0.2) is 9.24 Å². The third-order valence-electron chi connectivity index (χ3n) is 4.74. The number of hydrogen-bond acceptors (Lipinski definition) is 3. The van der Waals surface area contributed by atoms with E-state index in [4.69, 9.17) is 11.3 Å². The summed E-state index contributed by atoms with van der Waals surface area (Å²) in [7, 11) is 0. The maximum Gasteiger partial charge on any atom is 0.347 e. The maximum atomic E-state index is 14.2. The number of halogens is 5. The van der Waals surface area contributed by atoms with Crippen molar-refractivity contribution in [2.24, 2.45) is 0 Å². The predicted molar refractivity (Wildman–Crippen MR) is 80.9 cm³/mol. The third kappa shape index (κ3) is 2.01. The Morgan fingerprint density at radius 3 is 2.52 bits per heavy atom. The predicted octanol–water partition coefficient (Wildman–Crippen LogP) is 4.68. The highest BCUT2D eigenvalue weighted by Crippen LogP contribution is 2.65. The summed E-state index contributed by atoms with van der Waals surface area (Å²) in [5.41, 5.74) is -6.09. The molecule has 2 aliphatic carbocycles. The maximum absolute atomic E-state index is 14.2. The van der Waals surface area contributed by atoms with Crippen LogP contribution < -0.4 is 4.74 Å². The molecule has 138 valence electrons. The van der Waals surface area contributed by atoms with Gasteiger partial charge in [0, 0.05) is 17.2 Å². The SMILES string of the molecule is [C-]#[N+]c1cc(F)cc(Oc2ccc3c4c2C(=O)CC4(O)C(F)(F)C3(F)F)c1. The molecule has 0 spiro atoms. The quantitative estimate of drug-likeness (QED) is 0.607. The van der Waals surface area contributed by atoms with Gasteiger partial charge in [-0.2, -0.15) is 17.6 Å². The number of Topliss-reactive ketones (excluding diaryl/α,β-unsaturated/α-hetero) is 1. The van der Waals surface area contributed by atoms with Crippen LogP contribution in [0, 0.1) is 12.4 Å². The smallest absolute Gasteiger partial charge is 0.347 e. The van der Waals surface area contributed by atoms with E-state index in [1.165, 1.54) is 0 Å². The Morgan fingerprint density at radius 1 is 1.15 bits per heavy atom. The van der Waals surface area contributed by atoms with Gasteiger partial charge in [-0.15, -0.1) is 0 Å². The standard InChI is InChI=1S/C18H8F5NO3/c1-24-9-4-8(19)5-10(6-9)27-13-3-2-11-15-14(13)12(25)7-16(15,26)18(22,23)17(11,20)21/h2-6,26H,7H2. The van der Waals surface area contributed by atoms with E-state index in [2.05, 4.69) is 4.85 Å². The topological polar surface area (TPSA) is 50.9 Å². The van der Waals surface area contributed by atoms with Crippen LogP contribution in [0.15, 0.2) is 30.3 Å². The van der Waals surface area contributed by atoms with E-state index in [0.29, 0.717) is 6.07 Å². The van der Waals surface area contributed by atoms with Crippen molar-refractivity contribution in [3.05, 3.63) is 64.3 Å². The first-order chi connectivity index (χ1) is 12.5. The molecule has 1 atom stereocenters. The number of ether oxygens (including phenoxy) is 1. The number of carbonyl (C=O) groups is 1. The van der Waals surface area contributed by atoms with Crippen LogP contribution in [0.25, 0.3) is 4.85 Å². The van der Waals surface area contributed by atoms with Gasteiger partial charge >= 0.3 is 11.8 Å². The summed E-state index contributed by atoms with van der Waals surface area (Å²) in [5.74, 6) is -12.0. The van der Waals surface area contributed by atoms with Gasteiger partial charge in [0.05, 0.1) is 18.6 Å². The lowest BCUT2D eigenvalue weighted by atomic mass is 9.95. The molecule has 2 aromatic carbocycles. The summed E-state index contributed by atoms with van der Waals surface area (Å²) in [6, 6.07) is 4.46. The van der Waals surface area contributed by atoms with Crippen molar-refractivity contribution in [2.45, 2.75) is 23.9 Å². The molecule has 4 nitrogen and oxygen atoms in total. The fourth-order valence-corrected chi connectivity index (χ4v) is 3.54. The van der Waals surface area contributed by atoms with Crippen LogP contribution in [0.1, 0.15) is 27.9 Å². The van der Waals surface area contributed by atoms with Crippen LogP contribution in [0.5, 0.6) is 11.5 Å². The first-order valence-corrected chi connectivity index (χ1v) is 7.58. The lowest BCUT2D eigenvalue weighted by Gasteiger charge is -2.29. The molecule has 4 rings (SSSR count). The minimum absolute atomic E-state index is 0.122. The van der Waals surface area contributed by atoms with Crippen molar-refractivity contribution >= 4 is 11.5 Å². The van der Waals surface area contributed by atoms with Crippen molar-refractivity contribution < 1.29 is 36.6 Å². The number of carbonyl (C=O) groups excluding carboxylic acids is 1. The first-order valence-electron chi connectivity index (χ1n) is 7.58. The minimum atomic E-state index is -4.88. The zero-order chi connectivity index (χ0) is 19.8. The molecule has 0 heterocycles. The van der Waals surface area contributed by atoms with Gasteiger partial charge in [-0.1, -0.05) is 0 Å². The summed E-state index contributed by atoms with van der Waals surface area (Å²) in [6.07, 6.45) is -1.23. The molecule has 0 fully saturated rings. The highest BCUT2D eigenvalue weighted by molar-refractivity contribution is 6.05. The zero-order valence-corrected chi connectivity index (χ0v) is 13.2.